The number of imidazole rings is 1. The molecule has 8 nitrogen and oxygen atoms in total. The highest BCUT2D eigenvalue weighted by Gasteiger charge is 2.22. The predicted molar refractivity (Wildman–Crippen MR) is 133 cm³/mol. The second-order valence-electron chi connectivity index (χ2n) is 8.40. The Morgan fingerprint density at radius 3 is 2.74 bits per heavy atom. The topological polar surface area (TPSA) is 99.5 Å². The molecule has 5 aromatic rings. The number of aryl methyl sites for hydroxylation is 2. The molecule has 0 fully saturated rings. The number of fused-ring (bicyclic) bond motifs is 2. The van der Waals surface area contributed by atoms with Crippen molar-refractivity contribution < 1.29 is 18.4 Å². The van der Waals surface area contributed by atoms with Crippen molar-refractivity contribution in [1.82, 2.24) is 14.9 Å². The molecule has 0 spiro atoms. The monoisotopic (exact) mass is 471 g/mol. The van der Waals surface area contributed by atoms with Crippen LogP contribution in [0.25, 0.3) is 33.1 Å². The number of nitrogens with zero attached hydrogens (tertiary/aromatic N) is 2. The third-order valence-corrected chi connectivity index (χ3v) is 5.95. The molecule has 1 amide bonds. The minimum atomic E-state index is -0.511. The van der Waals surface area contributed by atoms with E-state index in [2.05, 4.69) is 10.3 Å². The van der Waals surface area contributed by atoms with E-state index in [9.17, 15) is 9.59 Å². The molecule has 3 heterocycles. The molecule has 0 saturated carbocycles. The standard InChI is InChI=1S/C27H25N3O5/c1-17-12-23-25(27(32)34-17)22(15-24(31)29-8-3-10-30-11-9-28-16-30)26(35-23)20-5-4-19-14-21(33-2)7-6-18(19)13-20/h4-7,9,11-14,16H,3,8,10,15H2,1-2H3,(H,29,31). The van der Waals surface area contributed by atoms with Crippen LogP contribution in [0.5, 0.6) is 5.75 Å². The van der Waals surface area contributed by atoms with E-state index in [1.165, 1.54) is 0 Å². The Balaban J connectivity index is 1.46. The molecule has 3 aromatic heterocycles. The number of hydrogen-bond donors (Lipinski definition) is 1. The van der Waals surface area contributed by atoms with E-state index >= 15 is 0 Å². The molecule has 0 aliphatic heterocycles. The minimum Gasteiger partial charge on any atom is -0.497 e. The predicted octanol–water partition coefficient (Wildman–Crippen LogP) is 4.47. The molecule has 0 aliphatic carbocycles. The van der Waals surface area contributed by atoms with E-state index in [1.807, 2.05) is 47.2 Å². The van der Waals surface area contributed by atoms with Crippen LogP contribution < -0.4 is 15.7 Å². The largest absolute Gasteiger partial charge is 0.497 e. The lowest BCUT2D eigenvalue weighted by Gasteiger charge is -2.08. The van der Waals surface area contributed by atoms with Crippen LogP contribution in [0.1, 0.15) is 17.7 Å². The number of hydrogen-bond acceptors (Lipinski definition) is 6. The van der Waals surface area contributed by atoms with Crippen LogP contribution in [-0.4, -0.2) is 29.1 Å². The summed E-state index contributed by atoms with van der Waals surface area (Å²) >= 11 is 0. The number of carbonyl (C=O) groups excluding carboxylic acids is 1. The fourth-order valence-corrected chi connectivity index (χ4v) is 4.25. The highest BCUT2D eigenvalue weighted by Crippen LogP contribution is 2.35. The van der Waals surface area contributed by atoms with Gasteiger partial charge in [-0.2, -0.15) is 0 Å². The van der Waals surface area contributed by atoms with Crippen LogP contribution >= 0.6 is 0 Å². The Hall–Kier alpha value is -4.33. The van der Waals surface area contributed by atoms with Crippen LogP contribution in [0.4, 0.5) is 0 Å². The highest BCUT2D eigenvalue weighted by atomic mass is 16.5. The van der Waals surface area contributed by atoms with Crippen LogP contribution in [0, 0.1) is 6.92 Å². The molecule has 0 atom stereocenters. The Labute approximate surface area is 201 Å². The number of carbonyl (C=O) groups is 1. The quantitative estimate of drug-likeness (QED) is 0.335. The maximum atomic E-state index is 12.8. The summed E-state index contributed by atoms with van der Waals surface area (Å²) in [5.74, 6) is 1.52. The minimum absolute atomic E-state index is 0.00186. The maximum Gasteiger partial charge on any atom is 0.347 e. The van der Waals surface area contributed by atoms with Gasteiger partial charge >= 0.3 is 5.63 Å². The number of benzene rings is 2. The number of amides is 1. The van der Waals surface area contributed by atoms with Gasteiger partial charge in [0, 0.05) is 42.7 Å². The molecule has 178 valence electrons. The third-order valence-electron chi connectivity index (χ3n) is 5.95. The zero-order valence-corrected chi connectivity index (χ0v) is 19.5. The van der Waals surface area contributed by atoms with Gasteiger partial charge in [-0.05, 0) is 42.3 Å². The van der Waals surface area contributed by atoms with Gasteiger partial charge in [-0.1, -0.05) is 18.2 Å². The van der Waals surface area contributed by atoms with Crippen LogP contribution in [0.3, 0.4) is 0 Å². The molecular formula is C27H25N3O5. The SMILES string of the molecule is COc1ccc2cc(-c3oc4cc(C)oc(=O)c4c3CC(=O)NCCCn3ccnc3)ccc2c1. The van der Waals surface area contributed by atoms with E-state index in [0.717, 1.165) is 35.1 Å². The Kier molecular flexibility index (Phi) is 6.10. The molecular weight excluding hydrogens is 446 g/mol. The number of rotatable bonds is 8. The van der Waals surface area contributed by atoms with E-state index < -0.39 is 5.63 Å². The first kappa shape index (κ1) is 22.5. The summed E-state index contributed by atoms with van der Waals surface area (Å²) in [4.78, 5) is 29.6. The second kappa shape index (κ2) is 9.50. The molecule has 0 radical (unpaired) electrons. The number of aromatic nitrogens is 2. The zero-order valence-electron chi connectivity index (χ0n) is 19.5. The summed E-state index contributed by atoms with van der Waals surface area (Å²) in [6.45, 7) is 2.96. The van der Waals surface area contributed by atoms with Gasteiger partial charge in [0.15, 0.2) is 0 Å². The number of nitrogens with one attached hydrogen (secondary N) is 1. The van der Waals surface area contributed by atoms with Crippen molar-refractivity contribution in [3.63, 3.8) is 0 Å². The fraction of sp³-hybridized carbons (Fsp3) is 0.222. The normalized spacial score (nSPS) is 11.3. The fourth-order valence-electron chi connectivity index (χ4n) is 4.25. The summed E-state index contributed by atoms with van der Waals surface area (Å²) in [5.41, 5.74) is 1.20. The first-order valence-electron chi connectivity index (χ1n) is 11.4. The molecule has 0 saturated heterocycles. The molecule has 0 aliphatic rings. The lowest BCUT2D eigenvalue weighted by atomic mass is 10.0. The van der Waals surface area contributed by atoms with Crippen LogP contribution in [-0.2, 0) is 17.8 Å². The molecule has 8 heteroatoms. The molecule has 5 rings (SSSR count). The van der Waals surface area contributed by atoms with Gasteiger partial charge < -0.3 is 23.5 Å². The molecule has 35 heavy (non-hydrogen) atoms. The first-order chi connectivity index (χ1) is 17.0. The van der Waals surface area contributed by atoms with E-state index in [-0.39, 0.29) is 12.3 Å². The van der Waals surface area contributed by atoms with E-state index in [4.69, 9.17) is 13.6 Å². The summed E-state index contributed by atoms with van der Waals surface area (Å²) < 4.78 is 18.7. The summed E-state index contributed by atoms with van der Waals surface area (Å²) in [6, 6.07) is 13.3. The van der Waals surface area contributed by atoms with Crippen LogP contribution in [0.2, 0.25) is 0 Å². The van der Waals surface area contributed by atoms with E-state index in [0.29, 0.717) is 34.6 Å². The van der Waals surface area contributed by atoms with Crippen molar-refractivity contribution >= 4 is 27.6 Å². The Morgan fingerprint density at radius 1 is 1.11 bits per heavy atom. The van der Waals surface area contributed by atoms with Crippen molar-refractivity contribution in [3.8, 4) is 17.1 Å². The molecule has 0 bridgehead atoms. The maximum absolute atomic E-state index is 12.8. The number of ether oxygens (including phenoxy) is 1. The second-order valence-corrected chi connectivity index (χ2v) is 8.40. The van der Waals surface area contributed by atoms with Crippen LogP contribution in [0.15, 0.2) is 74.8 Å². The van der Waals surface area contributed by atoms with Crippen molar-refractivity contribution in [2.24, 2.45) is 0 Å². The first-order valence-corrected chi connectivity index (χ1v) is 11.4. The van der Waals surface area contributed by atoms with Crippen molar-refractivity contribution in [3.05, 3.63) is 82.9 Å². The van der Waals surface area contributed by atoms with Crippen molar-refractivity contribution in [2.45, 2.75) is 26.3 Å². The summed E-state index contributed by atoms with van der Waals surface area (Å²) in [5, 5.41) is 5.24. The summed E-state index contributed by atoms with van der Waals surface area (Å²) in [6.07, 6.45) is 6.11. The average molecular weight is 472 g/mol. The third kappa shape index (κ3) is 4.68. The lowest BCUT2D eigenvalue weighted by molar-refractivity contribution is -0.120. The number of furan rings is 1. The Morgan fingerprint density at radius 2 is 1.94 bits per heavy atom. The van der Waals surface area contributed by atoms with Gasteiger partial charge in [0.05, 0.1) is 19.9 Å². The van der Waals surface area contributed by atoms with Gasteiger partial charge in [-0.3, -0.25) is 4.79 Å². The van der Waals surface area contributed by atoms with Crippen molar-refractivity contribution in [2.75, 3.05) is 13.7 Å². The van der Waals surface area contributed by atoms with Gasteiger partial charge in [-0.15, -0.1) is 0 Å². The highest BCUT2D eigenvalue weighted by molar-refractivity contribution is 5.95. The smallest absolute Gasteiger partial charge is 0.347 e. The van der Waals surface area contributed by atoms with Crippen molar-refractivity contribution in [1.29, 1.82) is 0 Å². The Bertz CT molecular complexity index is 1560. The van der Waals surface area contributed by atoms with Gasteiger partial charge in [-0.25, -0.2) is 9.78 Å². The average Bonchev–Trinajstić information content (AvgIpc) is 3.49. The molecule has 0 unspecified atom stereocenters. The summed E-state index contributed by atoms with van der Waals surface area (Å²) in [7, 11) is 1.63. The van der Waals surface area contributed by atoms with Gasteiger partial charge in [0.2, 0.25) is 5.91 Å². The van der Waals surface area contributed by atoms with Gasteiger partial charge in [0.25, 0.3) is 0 Å². The molecule has 1 N–H and O–H groups in total. The lowest BCUT2D eigenvalue weighted by Crippen LogP contribution is -2.27. The molecule has 2 aromatic carbocycles. The number of methoxy groups -OCH3 is 1. The zero-order chi connectivity index (χ0) is 24.4. The van der Waals surface area contributed by atoms with E-state index in [1.54, 1.807) is 32.6 Å². The van der Waals surface area contributed by atoms with Gasteiger partial charge in [0.1, 0.15) is 28.2 Å².